The van der Waals surface area contributed by atoms with Crippen molar-refractivity contribution in [3.05, 3.63) is 29.3 Å². The molecular weight excluding hydrogens is 248 g/mol. The van der Waals surface area contributed by atoms with Crippen LogP contribution in [0.3, 0.4) is 0 Å². The van der Waals surface area contributed by atoms with E-state index in [1.54, 1.807) is 7.11 Å². The number of benzene rings is 1. The average molecular weight is 276 g/mol. The van der Waals surface area contributed by atoms with Crippen LogP contribution in [0.5, 0.6) is 5.75 Å². The quantitative estimate of drug-likeness (QED) is 0.472. The molecule has 0 saturated carbocycles. The van der Waals surface area contributed by atoms with Crippen molar-refractivity contribution in [1.29, 1.82) is 0 Å². The molecule has 0 aromatic heterocycles. The number of hydrazine groups is 1. The zero-order valence-electron chi connectivity index (χ0n) is 12.9. The monoisotopic (exact) mass is 276 g/mol. The zero-order chi connectivity index (χ0) is 14.4. The summed E-state index contributed by atoms with van der Waals surface area (Å²) in [6.07, 6.45) is 8.37. The highest BCUT2D eigenvalue weighted by Crippen LogP contribution is 2.30. The first-order valence-electron chi connectivity index (χ1n) is 7.92. The van der Waals surface area contributed by atoms with Gasteiger partial charge in [0, 0.05) is 12.6 Å². The highest BCUT2D eigenvalue weighted by molar-refractivity contribution is 5.42. The lowest BCUT2D eigenvalue weighted by Gasteiger charge is -2.32. The highest BCUT2D eigenvalue weighted by atomic mass is 16.5. The Balaban J connectivity index is 1.90. The van der Waals surface area contributed by atoms with E-state index >= 15 is 0 Å². The molecule has 0 saturated heterocycles. The van der Waals surface area contributed by atoms with Gasteiger partial charge < -0.3 is 4.74 Å². The Morgan fingerprint density at radius 3 is 2.90 bits per heavy atom. The van der Waals surface area contributed by atoms with Crippen LogP contribution in [0.25, 0.3) is 0 Å². The first-order chi connectivity index (χ1) is 9.76. The van der Waals surface area contributed by atoms with Gasteiger partial charge in [-0.25, -0.2) is 5.01 Å². The van der Waals surface area contributed by atoms with Crippen LogP contribution in [0.15, 0.2) is 18.2 Å². The summed E-state index contributed by atoms with van der Waals surface area (Å²) in [6.45, 7) is 3.26. The number of hydrogen-bond acceptors (Lipinski definition) is 3. The lowest BCUT2D eigenvalue weighted by molar-refractivity contribution is 0.178. The van der Waals surface area contributed by atoms with E-state index in [2.05, 4.69) is 30.1 Å². The summed E-state index contributed by atoms with van der Waals surface area (Å²) in [4.78, 5) is 0. The van der Waals surface area contributed by atoms with E-state index < -0.39 is 0 Å². The van der Waals surface area contributed by atoms with Gasteiger partial charge in [-0.05, 0) is 42.9 Å². The number of fused-ring (bicyclic) bond motifs is 1. The molecule has 1 aliphatic rings. The predicted molar refractivity (Wildman–Crippen MR) is 83.8 cm³/mol. The summed E-state index contributed by atoms with van der Waals surface area (Å²) in [6, 6.07) is 6.84. The van der Waals surface area contributed by atoms with Crippen molar-refractivity contribution in [3.63, 3.8) is 0 Å². The van der Waals surface area contributed by atoms with Gasteiger partial charge >= 0.3 is 0 Å². The van der Waals surface area contributed by atoms with E-state index in [4.69, 9.17) is 10.6 Å². The lowest BCUT2D eigenvalue weighted by Crippen LogP contribution is -2.44. The number of hydrogen-bond donors (Lipinski definition) is 1. The van der Waals surface area contributed by atoms with Gasteiger partial charge in [-0.2, -0.15) is 0 Å². The summed E-state index contributed by atoms with van der Waals surface area (Å²) in [5.74, 6) is 7.30. The highest BCUT2D eigenvalue weighted by Gasteiger charge is 2.24. The minimum atomic E-state index is 0.483. The number of rotatable bonds is 7. The fourth-order valence-electron chi connectivity index (χ4n) is 3.13. The van der Waals surface area contributed by atoms with Gasteiger partial charge in [0.2, 0.25) is 0 Å². The maximum atomic E-state index is 6.26. The maximum Gasteiger partial charge on any atom is 0.122 e. The molecule has 1 aromatic rings. The van der Waals surface area contributed by atoms with Crippen molar-refractivity contribution in [2.45, 2.75) is 57.9 Å². The van der Waals surface area contributed by atoms with E-state index in [0.29, 0.717) is 6.04 Å². The first-order valence-corrected chi connectivity index (χ1v) is 7.92. The van der Waals surface area contributed by atoms with Gasteiger partial charge in [-0.15, -0.1) is 0 Å². The molecule has 1 atom stereocenters. The van der Waals surface area contributed by atoms with Crippen LogP contribution in [0.2, 0.25) is 0 Å². The minimum Gasteiger partial charge on any atom is -0.496 e. The second-order valence-corrected chi connectivity index (χ2v) is 5.79. The van der Waals surface area contributed by atoms with Crippen LogP contribution in [0.4, 0.5) is 0 Å². The fourth-order valence-corrected chi connectivity index (χ4v) is 3.13. The molecule has 2 N–H and O–H groups in total. The molecule has 3 nitrogen and oxygen atoms in total. The SMILES string of the molecule is CCCCCCN(N)C1CCc2c(cccc2OC)C1. The molecule has 0 radical (unpaired) electrons. The Hall–Kier alpha value is -1.06. The van der Waals surface area contributed by atoms with Crippen LogP contribution >= 0.6 is 0 Å². The van der Waals surface area contributed by atoms with E-state index in [1.165, 1.54) is 36.8 Å². The first kappa shape index (κ1) is 15.3. The normalized spacial score (nSPS) is 18.1. The molecule has 112 valence electrons. The fraction of sp³-hybridized carbons (Fsp3) is 0.647. The van der Waals surface area contributed by atoms with E-state index in [9.17, 15) is 0 Å². The van der Waals surface area contributed by atoms with Crippen molar-refractivity contribution in [3.8, 4) is 5.75 Å². The standard InChI is InChI=1S/C17H28N2O/c1-3-4-5-6-12-19(18)15-10-11-16-14(13-15)8-7-9-17(16)20-2/h7-9,15H,3-6,10-13,18H2,1-2H3. The Kier molecular flexibility index (Phi) is 5.86. The molecule has 1 aromatic carbocycles. The zero-order valence-corrected chi connectivity index (χ0v) is 12.9. The molecule has 20 heavy (non-hydrogen) atoms. The molecule has 1 aliphatic carbocycles. The Labute approximate surface area is 123 Å². The number of unbranched alkanes of at least 4 members (excludes halogenated alkanes) is 3. The molecule has 1 unspecified atom stereocenters. The lowest BCUT2D eigenvalue weighted by atomic mass is 9.87. The Bertz CT molecular complexity index is 419. The number of ether oxygens (including phenoxy) is 1. The minimum absolute atomic E-state index is 0.483. The summed E-state index contributed by atoms with van der Waals surface area (Å²) >= 11 is 0. The number of nitrogens with zero attached hydrogens (tertiary/aromatic N) is 1. The molecule has 0 bridgehead atoms. The Morgan fingerprint density at radius 2 is 2.15 bits per heavy atom. The smallest absolute Gasteiger partial charge is 0.122 e. The van der Waals surface area contributed by atoms with Gasteiger partial charge in [0.25, 0.3) is 0 Å². The van der Waals surface area contributed by atoms with Crippen molar-refractivity contribution in [2.75, 3.05) is 13.7 Å². The Morgan fingerprint density at radius 1 is 1.30 bits per heavy atom. The summed E-state index contributed by atoms with van der Waals surface area (Å²) in [5, 5.41) is 2.07. The van der Waals surface area contributed by atoms with Crippen molar-refractivity contribution in [2.24, 2.45) is 5.84 Å². The average Bonchev–Trinajstić information content (AvgIpc) is 2.50. The van der Waals surface area contributed by atoms with Crippen LogP contribution < -0.4 is 10.6 Å². The van der Waals surface area contributed by atoms with Gasteiger partial charge in [0.05, 0.1) is 7.11 Å². The molecule has 0 aliphatic heterocycles. The number of nitrogens with two attached hydrogens (primary N) is 1. The largest absolute Gasteiger partial charge is 0.496 e. The van der Waals surface area contributed by atoms with Crippen LogP contribution in [0, 0.1) is 0 Å². The molecule has 3 heteroatoms. The van der Waals surface area contributed by atoms with Crippen LogP contribution in [0.1, 0.15) is 50.2 Å². The van der Waals surface area contributed by atoms with E-state index in [0.717, 1.165) is 31.6 Å². The molecule has 0 amide bonds. The topological polar surface area (TPSA) is 38.5 Å². The third-order valence-corrected chi connectivity index (χ3v) is 4.37. The predicted octanol–water partition coefficient (Wildman–Crippen LogP) is 3.31. The third-order valence-electron chi connectivity index (χ3n) is 4.37. The van der Waals surface area contributed by atoms with E-state index in [-0.39, 0.29) is 0 Å². The van der Waals surface area contributed by atoms with Gasteiger partial charge in [-0.3, -0.25) is 5.84 Å². The second kappa shape index (κ2) is 7.65. The summed E-state index contributed by atoms with van der Waals surface area (Å²) < 4.78 is 5.46. The molecule has 0 spiro atoms. The maximum absolute atomic E-state index is 6.26. The van der Waals surface area contributed by atoms with Gasteiger partial charge in [0.1, 0.15) is 5.75 Å². The van der Waals surface area contributed by atoms with E-state index in [1.807, 2.05) is 0 Å². The molecule has 0 fully saturated rings. The molecular formula is C17H28N2O. The van der Waals surface area contributed by atoms with Crippen LogP contribution in [-0.4, -0.2) is 24.7 Å². The van der Waals surface area contributed by atoms with Crippen LogP contribution in [-0.2, 0) is 12.8 Å². The summed E-state index contributed by atoms with van der Waals surface area (Å²) in [5.41, 5.74) is 2.79. The van der Waals surface area contributed by atoms with Crippen molar-refractivity contribution < 1.29 is 4.74 Å². The number of methoxy groups -OCH3 is 1. The molecule has 0 heterocycles. The van der Waals surface area contributed by atoms with Crippen molar-refractivity contribution >= 4 is 0 Å². The van der Waals surface area contributed by atoms with Crippen molar-refractivity contribution in [1.82, 2.24) is 5.01 Å². The second-order valence-electron chi connectivity index (χ2n) is 5.79. The van der Waals surface area contributed by atoms with Gasteiger partial charge in [-0.1, -0.05) is 38.3 Å². The molecule has 2 rings (SSSR count). The third kappa shape index (κ3) is 3.74. The summed E-state index contributed by atoms with van der Waals surface area (Å²) in [7, 11) is 1.75. The van der Waals surface area contributed by atoms with Gasteiger partial charge in [0.15, 0.2) is 0 Å².